The maximum absolute atomic E-state index is 11.7. The molecule has 0 amide bonds. The minimum atomic E-state index is -0.471. The van der Waals surface area contributed by atoms with Gasteiger partial charge < -0.3 is 9.64 Å². The van der Waals surface area contributed by atoms with Gasteiger partial charge in [-0.1, -0.05) is 12.1 Å². The summed E-state index contributed by atoms with van der Waals surface area (Å²) in [5, 5.41) is 10.8. The number of benzene rings is 1. The van der Waals surface area contributed by atoms with Gasteiger partial charge in [-0.3, -0.25) is 14.9 Å². The number of ether oxygens (including phenoxy) is 1. The molecule has 1 aromatic rings. The van der Waals surface area contributed by atoms with Crippen molar-refractivity contribution in [3.05, 3.63) is 39.9 Å². The molecule has 0 fully saturated rings. The Balaban J connectivity index is 2.39. The standard InChI is InChI=1S/C13H16N2O4S/c1-14(2)13(20)19-8-7-12(16)9-10-3-5-11(6-4-10)15(17)18/h3-6H,7-9H2,1-2H3. The fourth-order valence-corrected chi connectivity index (χ4v) is 1.52. The molecule has 6 nitrogen and oxygen atoms in total. The molecule has 0 N–H and O–H groups in total. The number of thiocarbonyl (C=S) groups is 1. The quantitative estimate of drug-likeness (QED) is 0.454. The van der Waals surface area contributed by atoms with Crippen molar-refractivity contribution in [1.29, 1.82) is 0 Å². The first-order valence-electron chi connectivity index (χ1n) is 5.99. The van der Waals surface area contributed by atoms with E-state index < -0.39 is 4.92 Å². The lowest BCUT2D eigenvalue weighted by Crippen LogP contribution is -2.23. The van der Waals surface area contributed by atoms with E-state index in [0.717, 1.165) is 5.56 Å². The summed E-state index contributed by atoms with van der Waals surface area (Å²) in [4.78, 5) is 23.4. The van der Waals surface area contributed by atoms with Gasteiger partial charge in [0.2, 0.25) is 0 Å². The Morgan fingerprint density at radius 3 is 2.45 bits per heavy atom. The molecule has 0 saturated carbocycles. The van der Waals surface area contributed by atoms with Crippen LogP contribution in [0, 0.1) is 10.1 Å². The number of nitrogens with zero attached hydrogens (tertiary/aromatic N) is 2. The summed E-state index contributed by atoms with van der Waals surface area (Å²) in [6.45, 7) is 0.239. The molecule has 1 aromatic carbocycles. The summed E-state index contributed by atoms with van der Waals surface area (Å²) in [6, 6.07) is 5.95. The topological polar surface area (TPSA) is 72.7 Å². The van der Waals surface area contributed by atoms with E-state index in [4.69, 9.17) is 17.0 Å². The monoisotopic (exact) mass is 296 g/mol. The van der Waals surface area contributed by atoms with Gasteiger partial charge >= 0.3 is 0 Å². The van der Waals surface area contributed by atoms with Crippen LogP contribution in [0.4, 0.5) is 5.69 Å². The van der Waals surface area contributed by atoms with Crippen molar-refractivity contribution in [1.82, 2.24) is 4.90 Å². The highest BCUT2D eigenvalue weighted by Gasteiger charge is 2.08. The van der Waals surface area contributed by atoms with E-state index in [-0.39, 0.29) is 30.9 Å². The first kappa shape index (κ1) is 16.0. The Morgan fingerprint density at radius 1 is 1.35 bits per heavy atom. The first-order chi connectivity index (χ1) is 9.40. The summed E-state index contributed by atoms with van der Waals surface area (Å²) >= 11 is 4.93. The highest BCUT2D eigenvalue weighted by atomic mass is 32.1. The number of nitro groups is 1. The molecule has 0 radical (unpaired) electrons. The van der Waals surface area contributed by atoms with Crippen molar-refractivity contribution in [3.63, 3.8) is 0 Å². The zero-order valence-electron chi connectivity index (χ0n) is 11.4. The summed E-state index contributed by atoms with van der Waals surface area (Å²) in [5.41, 5.74) is 0.761. The van der Waals surface area contributed by atoms with E-state index in [2.05, 4.69) is 0 Å². The smallest absolute Gasteiger partial charge is 0.269 e. The van der Waals surface area contributed by atoms with Crippen LogP contribution in [0.1, 0.15) is 12.0 Å². The molecule has 0 bridgehead atoms. The Labute approximate surface area is 122 Å². The summed E-state index contributed by atoms with van der Waals surface area (Å²) < 4.78 is 5.21. The van der Waals surface area contributed by atoms with Gasteiger partial charge in [0.25, 0.3) is 10.9 Å². The Morgan fingerprint density at radius 2 is 1.95 bits per heavy atom. The van der Waals surface area contributed by atoms with Crippen molar-refractivity contribution in [2.45, 2.75) is 12.8 Å². The third-order valence-electron chi connectivity index (χ3n) is 2.52. The molecule has 1 rings (SSSR count). The first-order valence-corrected chi connectivity index (χ1v) is 6.40. The summed E-state index contributed by atoms with van der Waals surface area (Å²) in [5.74, 6) is 0.000379. The van der Waals surface area contributed by atoms with E-state index >= 15 is 0 Å². The van der Waals surface area contributed by atoms with Crippen LogP contribution in [0.5, 0.6) is 0 Å². The highest BCUT2D eigenvalue weighted by Crippen LogP contribution is 2.12. The molecule has 0 aliphatic rings. The number of nitro benzene ring substituents is 1. The second-order valence-electron chi connectivity index (χ2n) is 4.40. The van der Waals surface area contributed by atoms with Crippen molar-refractivity contribution in [2.24, 2.45) is 0 Å². The minimum Gasteiger partial charge on any atom is -0.470 e. The van der Waals surface area contributed by atoms with Crippen molar-refractivity contribution in [2.75, 3.05) is 20.7 Å². The number of hydrogen-bond acceptors (Lipinski definition) is 5. The van der Waals surface area contributed by atoms with Crippen LogP contribution >= 0.6 is 12.2 Å². The average molecular weight is 296 g/mol. The van der Waals surface area contributed by atoms with Gasteiger partial charge in [0, 0.05) is 39.1 Å². The lowest BCUT2D eigenvalue weighted by Gasteiger charge is -2.13. The lowest BCUT2D eigenvalue weighted by molar-refractivity contribution is -0.384. The zero-order chi connectivity index (χ0) is 15.1. The fourth-order valence-electron chi connectivity index (χ4n) is 1.43. The molecule has 0 unspecified atom stereocenters. The van der Waals surface area contributed by atoms with E-state index in [1.807, 2.05) is 0 Å². The predicted octanol–water partition coefficient (Wildman–Crippen LogP) is 1.96. The van der Waals surface area contributed by atoms with Crippen molar-refractivity contribution < 1.29 is 14.5 Å². The number of carbonyl (C=O) groups excluding carboxylic acids is 1. The van der Waals surface area contributed by atoms with Crippen molar-refractivity contribution >= 4 is 28.9 Å². The van der Waals surface area contributed by atoms with Gasteiger partial charge in [0.05, 0.1) is 11.5 Å². The number of hydrogen-bond donors (Lipinski definition) is 0. The average Bonchev–Trinajstić information content (AvgIpc) is 2.39. The molecule has 7 heteroatoms. The molecule has 0 aliphatic carbocycles. The maximum Gasteiger partial charge on any atom is 0.269 e. The summed E-state index contributed by atoms with van der Waals surface area (Å²) in [6.07, 6.45) is 0.487. The molecule has 0 heterocycles. The van der Waals surface area contributed by atoms with Crippen molar-refractivity contribution in [3.8, 4) is 0 Å². The van der Waals surface area contributed by atoms with E-state index in [1.165, 1.54) is 12.1 Å². The van der Waals surface area contributed by atoms with E-state index in [1.54, 1.807) is 31.1 Å². The second kappa shape index (κ2) is 7.54. The third-order valence-corrected chi connectivity index (χ3v) is 3.00. The molecule has 0 aromatic heterocycles. The highest BCUT2D eigenvalue weighted by molar-refractivity contribution is 7.80. The van der Waals surface area contributed by atoms with Gasteiger partial charge in [0.15, 0.2) is 0 Å². The van der Waals surface area contributed by atoms with Crippen LogP contribution < -0.4 is 0 Å². The SMILES string of the molecule is CN(C)C(=S)OCCC(=O)Cc1ccc([N+](=O)[O-])cc1. The van der Waals surface area contributed by atoms with Gasteiger partial charge in [-0.25, -0.2) is 0 Å². The Bertz CT molecular complexity index is 500. The van der Waals surface area contributed by atoms with Crippen LogP contribution in [0.2, 0.25) is 0 Å². The van der Waals surface area contributed by atoms with E-state index in [9.17, 15) is 14.9 Å². The van der Waals surface area contributed by atoms with Crippen LogP contribution in [0.3, 0.4) is 0 Å². The number of ketones is 1. The summed E-state index contributed by atoms with van der Waals surface area (Å²) in [7, 11) is 3.53. The third kappa shape index (κ3) is 5.31. The predicted molar refractivity (Wildman–Crippen MR) is 78.7 cm³/mol. The van der Waals surface area contributed by atoms with Crippen LogP contribution in [0.15, 0.2) is 24.3 Å². The molecular weight excluding hydrogens is 280 g/mol. The molecule has 108 valence electrons. The van der Waals surface area contributed by atoms with Gasteiger partial charge in [0.1, 0.15) is 5.78 Å². The number of Topliss-reactive ketones (excluding diaryl/α,β-unsaturated/α-hetero) is 1. The largest absolute Gasteiger partial charge is 0.470 e. The molecule has 0 aliphatic heterocycles. The molecular formula is C13H16N2O4S. The van der Waals surface area contributed by atoms with E-state index in [0.29, 0.717) is 5.17 Å². The van der Waals surface area contributed by atoms with Crippen LogP contribution in [-0.4, -0.2) is 41.5 Å². The lowest BCUT2D eigenvalue weighted by atomic mass is 10.1. The maximum atomic E-state index is 11.7. The molecule has 0 saturated heterocycles. The second-order valence-corrected chi connectivity index (χ2v) is 4.75. The van der Waals surface area contributed by atoms with Gasteiger partial charge in [-0.15, -0.1) is 0 Å². The Kier molecular flexibility index (Phi) is 6.05. The Hall–Kier alpha value is -2.02. The van der Waals surface area contributed by atoms with Gasteiger partial charge in [-0.2, -0.15) is 0 Å². The molecule has 20 heavy (non-hydrogen) atoms. The molecule has 0 spiro atoms. The molecule has 0 atom stereocenters. The normalized spacial score (nSPS) is 9.90. The fraction of sp³-hybridized carbons (Fsp3) is 0.385. The zero-order valence-corrected chi connectivity index (χ0v) is 12.2. The van der Waals surface area contributed by atoms with Crippen LogP contribution in [0.25, 0.3) is 0 Å². The number of carbonyl (C=O) groups is 1. The van der Waals surface area contributed by atoms with Gasteiger partial charge in [-0.05, 0) is 17.8 Å². The minimum absolute atomic E-state index is 0.000379. The number of rotatable bonds is 6. The number of non-ortho nitro benzene ring substituents is 1. The van der Waals surface area contributed by atoms with Crippen LogP contribution in [-0.2, 0) is 16.0 Å².